The average Bonchev–Trinajstić information content (AvgIpc) is 2.42. The van der Waals surface area contributed by atoms with E-state index in [0.29, 0.717) is 6.61 Å². The van der Waals surface area contributed by atoms with Crippen LogP contribution >= 0.6 is 0 Å². The molecule has 0 spiro atoms. The highest BCUT2D eigenvalue weighted by Crippen LogP contribution is 2.36. The van der Waals surface area contributed by atoms with Crippen LogP contribution in [0.1, 0.15) is 24.9 Å². The van der Waals surface area contributed by atoms with Crippen molar-refractivity contribution in [3.8, 4) is 11.5 Å². The van der Waals surface area contributed by atoms with Gasteiger partial charge < -0.3 is 19.9 Å². The quantitative estimate of drug-likeness (QED) is 0.810. The van der Waals surface area contributed by atoms with Gasteiger partial charge in [0.05, 0.1) is 19.8 Å². The fourth-order valence-corrected chi connectivity index (χ4v) is 1.98. The number of hydrogen-bond acceptors (Lipinski definition) is 4. The molecule has 2 N–H and O–H groups in total. The van der Waals surface area contributed by atoms with Crippen LogP contribution in [0.3, 0.4) is 0 Å². The first-order valence-electron chi connectivity index (χ1n) is 6.11. The van der Waals surface area contributed by atoms with Crippen LogP contribution in [-0.4, -0.2) is 27.9 Å². The summed E-state index contributed by atoms with van der Waals surface area (Å²) in [7, 11) is 4.98. The van der Waals surface area contributed by atoms with Crippen LogP contribution in [-0.2, 0) is 4.74 Å². The number of ether oxygens (including phenoxy) is 3. The van der Waals surface area contributed by atoms with Crippen molar-refractivity contribution in [1.29, 1.82) is 0 Å². The molecule has 0 saturated carbocycles. The normalized spacial score (nSPS) is 14.1. The smallest absolute Gasteiger partial charge is 0.127 e. The van der Waals surface area contributed by atoms with Crippen molar-refractivity contribution in [3.63, 3.8) is 0 Å². The summed E-state index contributed by atoms with van der Waals surface area (Å²) in [5.41, 5.74) is 7.24. The third-order valence-electron chi connectivity index (χ3n) is 3.19. The van der Waals surface area contributed by atoms with Gasteiger partial charge in [0, 0.05) is 19.8 Å². The molecule has 1 aromatic rings. The molecule has 4 nitrogen and oxygen atoms in total. The molecule has 4 heteroatoms. The van der Waals surface area contributed by atoms with Crippen molar-refractivity contribution < 1.29 is 14.2 Å². The molecule has 0 aliphatic carbocycles. The molecule has 0 radical (unpaired) electrons. The molecule has 102 valence electrons. The minimum Gasteiger partial charge on any atom is -0.496 e. The van der Waals surface area contributed by atoms with Crippen LogP contribution in [0, 0.1) is 5.92 Å². The van der Waals surface area contributed by atoms with Crippen LogP contribution in [0.4, 0.5) is 0 Å². The van der Waals surface area contributed by atoms with Gasteiger partial charge in [-0.2, -0.15) is 0 Å². The SMILES string of the molecule is COCCC(C)C(N)c1c(OC)cccc1OC. The van der Waals surface area contributed by atoms with Crippen LogP contribution in [0.2, 0.25) is 0 Å². The predicted octanol–water partition coefficient (Wildman–Crippen LogP) is 2.38. The van der Waals surface area contributed by atoms with Gasteiger partial charge in [0.15, 0.2) is 0 Å². The summed E-state index contributed by atoms with van der Waals surface area (Å²) in [5, 5.41) is 0. The fraction of sp³-hybridized carbons (Fsp3) is 0.571. The van der Waals surface area contributed by atoms with Gasteiger partial charge in [-0.15, -0.1) is 0 Å². The number of benzene rings is 1. The number of rotatable bonds is 7. The minimum atomic E-state index is -0.133. The van der Waals surface area contributed by atoms with E-state index < -0.39 is 0 Å². The van der Waals surface area contributed by atoms with Crippen molar-refractivity contribution >= 4 is 0 Å². The van der Waals surface area contributed by atoms with E-state index in [1.54, 1.807) is 21.3 Å². The Hall–Kier alpha value is -1.26. The Labute approximate surface area is 109 Å². The van der Waals surface area contributed by atoms with E-state index in [1.807, 2.05) is 18.2 Å². The zero-order chi connectivity index (χ0) is 13.5. The van der Waals surface area contributed by atoms with Gasteiger partial charge in [-0.3, -0.25) is 0 Å². The molecular formula is C14H23NO3. The van der Waals surface area contributed by atoms with Crippen LogP contribution in [0.15, 0.2) is 18.2 Å². The Kier molecular flexibility index (Phi) is 5.95. The number of hydrogen-bond donors (Lipinski definition) is 1. The summed E-state index contributed by atoms with van der Waals surface area (Å²) < 4.78 is 15.8. The molecule has 1 aromatic carbocycles. The number of nitrogens with two attached hydrogens (primary N) is 1. The lowest BCUT2D eigenvalue weighted by molar-refractivity contribution is 0.174. The third-order valence-corrected chi connectivity index (χ3v) is 3.19. The summed E-state index contributed by atoms with van der Waals surface area (Å²) in [6.07, 6.45) is 0.902. The molecule has 0 bridgehead atoms. The molecule has 0 amide bonds. The van der Waals surface area contributed by atoms with Crippen LogP contribution in [0.5, 0.6) is 11.5 Å². The Morgan fingerprint density at radius 2 is 1.67 bits per heavy atom. The highest BCUT2D eigenvalue weighted by molar-refractivity contribution is 5.47. The average molecular weight is 253 g/mol. The lowest BCUT2D eigenvalue weighted by Gasteiger charge is -2.24. The Morgan fingerprint density at radius 3 is 2.11 bits per heavy atom. The predicted molar refractivity (Wildman–Crippen MR) is 72.1 cm³/mol. The first-order chi connectivity index (χ1) is 8.65. The van der Waals surface area contributed by atoms with E-state index in [4.69, 9.17) is 19.9 Å². The maximum absolute atomic E-state index is 6.32. The second kappa shape index (κ2) is 7.24. The van der Waals surface area contributed by atoms with Crippen molar-refractivity contribution in [2.75, 3.05) is 27.9 Å². The van der Waals surface area contributed by atoms with E-state index in [1.165, 1.54) is 0 Å². The molecule has 18 heavy (non-hydrogen) atoms. The lowest BCUT2D eigenvalue weighted by Crippen LogP contribution is -2.21. The highest BCUT2D eigenvalue weighted by atomic mass is 16.5. The van der Waals surface area contributed by atoms with Crippen LogP contribution < -0.4 is 15.2 Å². The Morgan fingerprint density at radius 1 is 1.11 bits per heavy atom. The molecule has 0 aliphatic rings. The van der Waals surface area contributed by atoms with Crippen molar-refractivity contribution in [1.82, 2.24) is 0 Å². The Balaban J connectivity index is 2.98. The molecule has 0 fully saturated rings. The van der Waals surface area contributed by atoms with Crippen molar-refractivity contribution in [3.05, 3.63) is 23.8 Å². The summed E-state index contributed by atoms with van der Waals surface area (Å²) in [4.78, 5) is 0. The summed E-state index contributed by atoms with van der Waals surface area (Å²) in [6, 6.07) is 5.57. The fourth-order valence-electron chi connectivity index (χ4n) is 1.98. The summed E-state index contributed by atoms with van der Waals surface area (Å²) in [6.45, 7) is 2.81. The van der Waals surface area contributed by atoms with Gasteiger partial charge in [0.1, 0.15) is 11.5 Å². The summed E-state index contributed by atoms with van der Waals surface area (Å²) in [5.74, 6) is 1.83. The standard InChI is InChI=1S/C14H23NO3/c1-10(8-9-16-2)14(15)13-11(17-3)6-5-7-12(13)18-4/h5-7,10,14H,8-9,15H2,1-4H3. The van der Waals surface area contributed by atoms with Gasteiger partial charge >= 0.3 is 0 Å². The van der Waals surface area contributed by atoms with Crippen molar-refractivity contribution in [2.45, 2.75) is 19.4 Å². The minimum absolute atomic E-state index is 0.133. The second-order valence-corrected chi connectivity index (χ2v) is 4.36. The largest absolute Gasteiger partial charge is 0.496 e. The van der Waals surface area contributed by atoms with Crippen LogP contribution in [0.25, 0.3) is 0 Å². The first-order valence-corrected chi connectivity index (χ1v) is 6.11. The maximum atomic E-state index is 6.32. The monoisotopic (exact) mass is 253 g/mol. The van der Waals surface area contributed by atoms with Crippen molar-refractivity contribution in [2.24, 2.45) is 11.7 Å². The maximum Gasteiger partial charge on any atom is 0.127 e. The summed E-state index contributed by atoms with van der Waals surface area (Å²) >= 11 is 0. The van der Waals surface area contributed by atoms with E-state index in [9.17, 15) is 0 Å². The Bertz CT molecular complexity index is 346. The molecule has 1 rings (SSSR count). The van der Waals surface area contributed by atoms with Gasteiger partial charge in [-0.05, 0) is 24.5 Å². The van der Waals surface area contributed by atoms with Gasteiger partial charge in [-0.1, -0.05) is 13.0 Å². The van der Waals surface area contributed by atoms with E-state index >= 15 is 0 Å². The third kappa shape index (κ3) is 3.37. The zero-order valence-electron chi connectivity index (χ0n) is 11.6. The number of methoxy groups -OCH3 is 3. The molecule has 2 atom stereocenters. The molecule has 0 aliphatic heterocycles. The van der Waals surface area contributed by atoms with Gasteiger partial charge in [0.2, 0.25) is 0 Å². The molecule has 0 heterocycles. The topological polar surface area (TPSA) is 53.7 Å². The van der Waals surface area contributed by atoms with Gasteiger partial charge in [0.25, 0.3) is 0 Å². The lowest BCUT2D eigenvalue weighted by atomic mass is 9.91. The second-order valence-electron chi connectivity index (χ2n) is 4.36. The highest BCUT2D eigenvalue weighted by Gasteiger charge is 2.22. The molecule has 0 aromatic heterocycles. The zero-order valence-corrected chi connectivity index (χ0v) is 11.6. The first kappa shape index (κ1) is 14.8. The van der Waals surface area contributed by atoms with E-state index in [2.05, 4.69) is 6.92 Å². The van der Waals surface area contributed by atoms with Gasteiger partial charge in [-0.25, -0.2) is 0 Å². The molecule has 2 unspecified atom stereocenters. The van der Waals surface area contributed by atoms with E-state index in [-0.39, 0.29) is 12.0 Å². The molecular weight excluding hydrogens is 230 g/mol. The molecule has 0 saturated heterocycles. The van der Waals surface area contributed by atoms with E-state index in [0.717, 1.165) is 23.5 Å².